The second kappa shape index (κ2) is 9.57. The lowest BCUT2D eigenvalue weighted by Crippen LogP contribution is -2.38. The molecule has 2 N–H and O–H groups in total. The number of hydrogen-bond acceptors (Lipinski definition) is 4. The molecular weight excluding hydrogens is 318 g/mol. The third-order valence-electron chi connectivity index (χ3n) is 4.23. The van der Waals surface area contributed by atoms with Crippen LogP contribution in [0.3, 0.4) is 0 Å². The van der Waals surface area contributed by atoms with Crippen molar-refractivity contribution in [3.05, 3.63) is 57.8 Å². The average molecular weight is 346 g/mol. The van der Waals surface area contributed by atoms with Gasteiger partial charge in [0.1, 0.15) is 0 Å². The first-order valence-electron chi connectivity index (χ1n) is 8.50. The van der Waals surface area contributed by atoms with Crippen molar-refractivity contribution in [2.24, 2.45) is 5.73 Å². The third-order valence-corrected chi connectivity index (χ3v) is 5.09. The van der Waals surface area contributed by atoms with Gasteiger partial charge in [-0.25, -0.2) is 0 Å². The second-order valence-electron chi connectivity index (χ2n) is 5.73. The highest BCUT2D eigenvalue weighted by Crippen LogP contribution is 2.15. The summed E-state index contributed by atoms with van der Waals surface area (Å²) >= 11 is 1.69. The van der Waals surface area contributed by atoms with E-state index in [1.165, 1.54) is 4.88 Å². The fourth-order valence-electron chi connectivity index (χ4n) is 2.61. The number of likely N-dealkylation sites (N-methyl/N-ethyl adjacent to an activating group) is 1. The molecule has 0 aliphatic carbocycles. The molecule has 0 radical (unpaired) electrons. The van der Waals surface area contributed by atoms with Crippen LogP contribution in [0.25, 0.3) is 0 Å². The number of thiophene rings is 1. The van der Waals surface area contributed by atoms with Crippen LogP contribution in [0.1, 0.15) is 34.6 Å². The standard InChI is InChI=1S/C19H27N3OS/c1-3-21(4-2)11-12-22(15-18-6-5-13-24-18)19(23)17-9-7-16(14-20)8-10-17/h5-10,13H,3-4,11-12,14-15,20H2,1-2H3. The van der Waals surface area contributed by atoms with Crippen molar-refractivity contribution in [3.8, 4) is 0 Å². The van der Waals surface area contributed by atoms with Gasteiger partial charge in [-0.15, -0.1) is 11.3 Å². The SMILES string of the molecule is CCN(CC)CCN(Cc1cccs1)C(=O)c1ccc(CN)cc1. The Balaban J connectivity index is 2.11. The highest BCUT2D eigenvalue weighted by molar-refractivity contribution is 7.09. The number of carbonyl (C=O) groups is 1. The van der Waals surface area contributed by atoms with Crippen LogP contribution in [0.4, 0.5) is 0 Å². The monoisotopic (exact) mass is 345 g/mol. The van der Waals surface area contributed by atoms with Gasteiger partial charge in [0.25, 0.3) is 5.91 Å². The average Bonchev–Trinajstić information content (AvgIpc) is 3.14. The maximum atomic E-state index is 12.9. The summed E-state index contributed by atoms with van der Waals surface area (Å²) in [4.78, 5) is 18.4. The molecule has 0 spiro atoms. The van der Waals surface area contributed by atoms with E-state index in [0.717, 1.165) is 37.3 Å². The lowest BCUT2D eigenvalue weighted by atomic mass is 10.1. The molecule has 130 valence electrons. The van der Waals surface area contributed by atoms with Crippen LogP contribution in [0.15, 0.2) is 41.8 Å². The van der Waals surface area contributed by atoms with Gasteiger partial charge in [0.15, 0.2) is 0 Å². The molecule has 24 heavy (non-hydrogen) atoms. The van der Waals surface area contributed by atoms with E-state index in [0.29, 0.717) is 13.1 Å². The van der Waals surface area contributed by atoms with Crippen LogP contribution < -0.4 is 5.73 Å². The van der Waals surface area contributed by atoms with Crippen molar-refractivity contribution in [2.45, 2.75) is 26.9 Å². The van der Waals surface area contributed by atoms with E-state index in [9.17, 15) is 4.79 Å². The van der Waals surface area contributed by atoms with Crippen molar-refractivity contribution >= 4 is 17.2 Å². The zero-order chi connectivity index (χ0) is 17.4. The molecule has 0 unspecified atom stereocenters. The number of benzene rings is 1. The molecule has 1 heterocycles. The van der Waals surface area contributed by atoms with Crippen LogP contribution in [-0.2, 0) is 13.1 Å². The molecule has 2 rings (SSSR count). The number of amides is 1. The topological polar surface area (TPSA) is 49.6 Å². The van der Waals surface area contributed by atoms with Gasteiger partial charge >= 0.3 is 0 Å². The van der Waals surface area contributed by atoms with Gasteiger partial charge in [-0.05, 0) is 42.2 Å². The lowest BCUT2D eigenvalue weighted by molar-refractivity contribution is 0.0725. The predicted molar refractivity (Wildman–Crippen MR) is 101 cm³/mol. The Morgan fingerprint density at radius 2 is 1.79 bits per heavy atom. The van der Waals surface area contributed by atoms with Crippen LogP contribution in [0, 0.1) is 0 Å². The van der Waals surface area contributed by atoms with E-state index in [1.807, 2.05) is 35.2 Å². The molecule has 0 saturated heterocycles. The van der Waals surface area contributed by atoms with Crippen LogP contribution in [-0.4, -0.2) is 41.9 Å². The fraction of sp³-hybridized carbons (Fsp3) is 0.421. The maximum absolute atomic E-state index is 12.9. The Kier molecular flexibility index (Phi) is 7.43. The van der Waals surface area contributed by atoms with Gasteiger partial charge < -0.3 is 15.5 Å². The number of nitrogens with two attached hydrogens (primary N) is 1. The summed E-state index contributed by atoms with van der Waals surface area (Å²) in [6, 6.07) is 11.7. The molecule has 0 aliphatic rings. The van der Waals surface area contributed by atoms with Crippen LogP contribution >= 0.6 is 11.3 Å². The highest BCUT2D eigenvalue weighted by atomic mass is 32.1. The normalized spacial score (nSPS) is 11.0. The van der Waals surface area contributed by atoms with E-state index < -0.39 is 0 Å². The minimum absolute atomic E-state index is 0.0825. The summed E-state index contributed by atoms with van der Waals surface area (Å²) in [5.41, 5.74) is 7.40. The van der Waals surface area contributed by atoms with Crippen LogP contribution in [0.2, 0.25) is 0 Å². The molecule has 1 aromatic heterocycles. The maximum Gasteiger partial charge on any atom is 0.254 e. The second-order valence-corrected chi connectivity index (χ2v) is 6.77. The summed E-state index contributed by atoms with van der Waals surface area (Å²) in [6.45, 7) is 9.10. The molecule has 0 saturated carbocycles. The van der Waals surface area contributed by atoms with E-state index in [4.69, 9.17) is 5.73 Å². The first-order valence-corrected chi connectivity index (χ1v) is 9.38. The smallest absolute Gasteiger partial charge is 0.254 e. The zero-order valence-corrected chi connectivity index (χ0v) is 15.4. The van der Waals surface area contributed by atoms with Crippen molar-refractivity contribution in [1.82, 2.24) is 9.80 Å². The van der Waals surface area contributed by atoms with Gasteiger partial charge in [0, 0.05) is 30.1 Å². The first kappa shape index (κ1) is 18.6. The third kappa shape index (κ3) is 5.16. The number of hydrogen-bond donors (Lipinski definition) is 1. The molecule has 1 aromatic carbocycles. The number of carbonyl (C=O) groups excluding carboxylic acids is 1. The summed E-state index contributed by atoms with van der Waals surface area (Å²) < 4.78 is 0. The Morgan fingerprint density at radius 1 is 1.08 bits per heavy atom. The Labute approximate surface area is 148 Å². The van der Waals surface area contributed by atoms with Gasteiger partial charge in [-0.3, -0.25) is 4.79 Å². The molecule has 1 amide bonds. The minimum Gasteiger partial charge on any atom is -0.332 e. The molecule has 0 fully saturated rings. The van der Waals surface area contributed by atoms with Gasteiger partial charge in [0.2, 0.25) is 0 Å². The largest absolute Gasteiger partial charge is 0.332 e. The zero-order valence-electron chi connectivity index (χ0n) is 14.6. The Morgan fingerprint density at radius 3 is 2.33 bits per heavy atom. The summed E-state index contributed by atoms with van der Waals surface area (Å²) in [6.07, 6.45) is 0. The van der Waals surface area contributed by atoms with Gasteiger partial charge in [-0.1, -0.05) is 32.0 Å². The van der Waals surface area contributed by atoms with E-state index in [1.54, 1.807) is 11.3 Å². The van der Waals surface area contributed by atoms with Crippen molar-refractivity contribution in [3.63, 3.8) is 0 Å². The molecule has 0 aliphatic heterocycles. The highest BCUT2D eigenvalue weighted by Gasteiger charge is 2.17. The molecular formula is C19H27N3OS. The molecule has 0 bridgehead atoms. The first-order chi connectivity index (χ1) is 11.7. The Hall–Kier alpha value is -1.69. The number of nitrogens with zero attached hydrogens (tertiary/aromatic N) is 2. The minimum atomic E-state index is 0.0825. The van der Waals surface area contributed by atoms with Gasteiger partial charge in [0.05, 0.1) is 6.54 Å². The van der Waals surface area contributed by atoms with E-state index >= 15 is 0 Å². The van der Waals surface area contributed by atoms with Gasteiger partial charge in [-0.2, -0.15) is 0 Å². The Bertz CT molecular complexity index is 606. The number of rotatable bonds is 9. The lowest BCUT2D eigenvalue weighted by Gasteiger charge is -2.26. The van der Waals surface area contributed by atoms with E-state index in [2.05, 4.69) is 30.2 Å². The molecule has 0 atom stereocenters. The van der Waals surface area contributed by atoms with Crippen molar-refractivity contribution in [2.75, 3.05) is 26.2 Å². The molecule has 4 nitrogen and oxygen atoms in total. The predicted octanol–water partition coefficient (Wildman–Crippen LogP) is 3.19. The fourth-order valence-corrected chi connectivity index (χ4v) is 3.33. The summed E-state index contributed by atoms with van der Waals surface area (Å²) in [7, 11) is 0. The van der Waals surface area contributed by atoms with E-state index in [-0.39, 0.29) is 5.91 Å². The van der Waals surface area contributed by atoms with Crippen molar-refractivity contribution < 1.29 is 4.79 Å². The summed E-state index contributed by atoms with van der Waals surface area (Å²) in [5.74, 6) is 0.0825. The van der Waals surface area contributed by atoms with Crippen LogP contribution in [0.5, 0.6) is 0 Å². The molecule has 5 heteroatoms. The molecule has 2 aromatic rings. The summed E-state index contributed by atoms with van der Waals surface area (Å²) in [5, 5.41) is 2.05. The quantitative estimate of drug-likeness (QED) is 0.759. The van der Waals surface area contributed by atoms with Crippen molar-refractivity contribution in [1.29, 1.82) is 0 Å².